The van der Waals surface area contributed by atoms with Crippen LogP contribution in [0, 0.1) is 5.92 Å². The molecule has 1 unspecified atom stereocenters. The predicted molar refractivity (Wildman–Crippen MR) is 121 cm³/mol. The second kappa shape index (κ2) is 10.6. The average Bonchev–Trinajstić information content (AvgIpc) is 3.27. The number of nitrogens with one attached hydrogen (secondary N) is 2. The van der Waals surface area contributed by atoms with Crippen LogP contribution in [0.15, 0.2) is 46.8 Å². The van der Waals surface area contributed by atoms with E-state index in [1.165, 1.54) is 10.4 Å². The third-order valence-electron chi connectivity index (χ3n) is 5.72. The Bertz CT molecular complexity index is 753. The van der Waals surface area contributed by atoms with E-state index in [4.69, 9.17) is 9.47 Å². The lowest BCUT2D eigenvalue weighted by molar-refractivity contribution is 0.0513. The molecule has 0 aliphatic carbocycles. The molecule has 0 amide bonds. The highest BCUT2D eigenvalue weighted by Crippen LogP contribution is 2.35. The van der Waals surface area contributed by atoms with Gasteiger partial charge in [-0.1, -0.05) is 25.1 Å². The number of ether oxygens (including phenoxy) is 2. The summed E-state index contributed by atoms with van der Waals surface area (Å²) < 4.78 is 11.0. The molecule has 1 aromatic heterocycles. The zero-order chi connectivity index (χ0) is 20.5. The van der Waals surface area contributed by atoms with E-state index in [0.29, 0.717) is 5.92 Å². The minimum Gasteiger partial charge on any atom is -0.497 e. The molecule has 158 valence electrons. The molecule has 3 rings (SSSR count). The molecule has 1 saturated heterocycles. The predicted octanol–water partition coefficient (Wildman–Crippen LogP) is 3.85. The summed E-state index contributed by atoms with van der Waals surface area (Å²) >= 11 is 1.83. The monoisotopic (exact) mass is 415 g/mol. The van der Waals surface area contributed by atoms with Gasteiger partial charge >= 0.3 is 0 Å². The van der Waals surface area contributed by atoms with E-state index in [-0.39, 0.29) is 5.41 Å². The van der Waals surface area contributed by atoms with Crippen molar-refractivity contribution in [3.05, 3.63) is 52.2 Å². The van der Waals surface area contributed by atoms with Gasteiger partial charge in [-0.15, -0.1) is 11.3 Å². The SMILES string of the molecule is CN=C(NCC(C)Cc1cccs1)NCC1(c2ccc(OC)cc2)CCOCC1. The first-order valence-corrected chi connectivity index (χ1v) is 11.2. The average molecular weight is 416 g/mol. The summed E-state index contributed by atoms with van der Waals surface area (Å²) in [5.41, 5.74) is 1.38. The first kappa shape index (κ1) is 21.7. The highest BCUT2D eigenvalue weighted by molar-refractivity contribution is 7.09. The molecule has 1 aliphatic heterocycles. The van der Waals surface area contributed by atoms with Crippen molar-refractivity contribution in [2.45, 2.75) is 31.6 Å². The van der Waals surface area contributed by atoms with Crippen LogP contribution in [0.3, 0.4) is 0 Å². The number of aliphatic imine (C=N–C) groups is 1. The smallest absolute Gasteiger partial charge is 0.191 e. The van der Waals surface area contributed by atoms with Crippen LogP contribution in [0.4, 0.5) is 0 Å². The molecule has 2 N–H and O–H groups in total. The molecule has 5 nitrogen and oxygen atoms in total. The highest BCUT2D eigenvalue weighted by atomic mass is 32.1. The Morgan fingerprint density at radius 3 is 2.59 bits per heavy atom. The summed E-state index contributed by atoms with van der Waals surface area (Å²) in [5.74, 6) is 2.30. The van der Waals surface area contributed by atoms with Crippen LogP contribution >= 0.6 is 11.3 Å². The van der Waals surface area contributed by atoms with Crippen LogP contribution in [0.25, 0.3) is 0 Å². The van der Waals surface area contributed by atoms with Gasteiger partial charge in [0, 0.05) is 43.6 Å². The Kier molecular flexibility index (Phi) is 7.95. The molecule has 1 aliphatic rings. The fourth-order valence-corrected chi connectivity index (χ4v) is 4.73. The van der Waals surface area contributed by atoms with Crippen LogP contribution in [-0.4, -0.2) is 46.4 Å². The Balaban J connectivity index is 1.58. The number of nitrogens with zero attached hydrogens (tertiary/aromatic N) is 1. The second-order valence-corrected chi connectivity index (χ2v) is 8.85. The number of methoxy groups -OCH3 is 1. The molecule has 1 aromatic carbocycles. The minimum absolute atomic E-state index is 0.0464. The normalized spacial score (nSPS) is 17.6. The number of rotatable bonds is 8. The Morgan fingerprint density at radius 2 is 1.97 bits per heavy atom. The third-order valence-corrected chi connectivity index (χ3v) is 6.62. The van der Waals surface area contributed by atoms with Gasteiger partial charge in [0.15, 0.2) is 5.96 Å². The summed E-state index contributed by atoms with van der Waals surface area (Å²) in [6.07, 6.45) is 3.09. The van der Waals surface area contributed by atoms with Gasteiger partial charge in [0.25, 0.3) is 0 Å². The molecule has 1 atom stereocenters. The molecule has 0 bridgehead atoms. The van der Waals surface area contributed by atoms with E-state index in [1.54, 1.807) is 7.11 Å². The zero-order valence-electron chi connectivity index (χ0n) is 17.7. The van der Waals surface area contributed by atoms with Gasteiger partial charge < -0.3 is 20.1 Å². The van der Waals surface area contributed by atoms with E-state index < -0.39 is 0 Å². The van der Waals surface area contributed by atoms with E-state index >= 15 is 0 Å². The largest absolute Gasteiger partial charge is 0.497 e. The lowest BCUT2D eigenvalue weighted by atomic mass is 9.74. The molecular formula is C23H33N3O2S. The molecule has 2 aromatic rings. The van der Waals surface area contributed by atoms with Crippen molar-refractivity contribution in [1.82, 2.24) is 10.6 Å². The Labute approximate surface area is 178 Å². The van der Waals surface area contributed by atoms with Gasteiger partial charge in [0.1, 0.15) is 5.75 Å². The van der Waals surface area contributed by atoms with E-state index in [0.717, 1.165) is 57.3 Å². The fraction of sp³-hybridized carbons (Fsp3) is 0.522. The van der Waals surface area contributed by atoms with E-state index in [9.17, 15) is 0 Å². The highest BCUT2D eigenvalue weighted by Gasteiger charge is 2.34. The van der Waals surface area contributed by atoms with Crippen LogP contribution in [-0.2, 0) is 16.6 Å². The van der Waals surface area contributed by atoms with E-state index in [2.05, 4.69) is 52.2 Å². The molecule has 6 heteroatoms. The van der Waals surface area contributed by atoms with Crippen LogP contribution in [0.1, 0.15) is 30.2 Å². The standard InChI is InChI=1S/C23H33N3O2S/c1-18(15-21-5-4-14-29-21)16-25-22(24-2)26-17-23(10-12-28-13-11-23)19-6-8-20(27-3)9-7-19/h4-9,14,18H,10-13,15-17H2,1-3H3,(H2,24,25,26). The maximum absolute atomic E-state index is 5.66. The van der Waals surface area contributed by atoms with Crippen LogP contribution < -0.4 is 15.4 Å². The quantitative estimate of drug-likeness (QED) is 0.508. The lowest BCUT2D eigenvalue weighted by Crippen LogP contribution is -2.48. The maximum atomic E-state index is 5.66. The Hall–Kier alpha value is -2.05. The van der Waals surface area contributed by atoms with Gasteiger partial charge in [-0.3, -0.25) is 4.99 Å². The molecule has 0 radical (unpaired) electrons. The van der Waals surface area contributed by atoms with Crippen molar-refractivity contribution in [1.29, 1.82) is 0 Å². The molecule has 0 saturated carbocycles. The van der Waals surface area contributed by atoms with Gasteiger partial charge in [-0.25, -0.2) is 0 Å². The van der Waals surface area contributed by atoms with Gasteiger partial charge in [-0.05, 0) is 54.3 Å². The number of hydrogen-bond donors (Lipinski definition) is 2. The van der Waals surface area contributed by atoms with Crippen LogP contribution in [0.2, 0.25) is 0 Å². The summed E-state index contributed by atoms with van der Waals surface area (Å²) in [5, 5.41) is 9.22. The lowest BCUT2D eigenvalue weighted by Gasteiger charge is -2.38. The molecule has 2 heterocycles. The van der Waals surface area contributed by atoms with E-state index in [1.807, 2.05) is 30.5 Å². The first-order valence-electron chi connectivity index (χ1n) is 10.3. The second-order valence-electron chi connectivity index (χ2n) is 7.82. The van der Waals surface area contributed by atoms with Gasteiger partial charge in [0.05, 0.1) is 7.11 Å². The molecule has 29 heavy (non-hydrogen) atoms. The molecular weight excluding hydrogens is 382 g/mol. The number of guanidine groups is 1. The fourth-order valence-electron chi connectivity index (χ4n) is 3.86. The van der Waals surface area contributed by atoms with Crippen molar-refractivity contribution < 1.29 is 9.47 Å². The van der Waals surface area contributed by atoms with Gasteiger partial charge in [0.2, 0.25) is 0 Å². The molecule has 1 fully saturated rings. The van der Waals surface area contributed by atoms with Crippen molar-refractivity contribution in [3.8, 4) is 5.75 Å². The van der Waals surface area contributed by atoms with Crippen LogP contribution in [0.5, 0.6) is 5.75 Å². The summed E-state index contributed by atoms with van der Waals surface area (Å²) in [4.78, 5) is 5.87. The summed E-state index contributed by atoms with van der Waals surface area (Å²) in [7, 11) is 3.54. The first-order chi connectivity index (χ1) is 14.1. The Morgan fingerprint density at radius 1 is 1.21 bits per heavy atom. The van der Waals surface area contributed by atoms with Crippen molar-refractivity contribution >= 4 is 17.3 Å². The molecule has 0 spiro atoms. The topological polar surface area (TPSA) is 54.9 Å². The summed E-state index contributed by atoms with van der Waals surface area (Å²) in [6.45, 7) is 5.59. The van der Waals surface area contributed by atoms with Crippen molar-refractivity contribution in [3.63, 3.8) is 0 Å². The number of hydrogen-bond acceptors (Lipinski definition) is 4. The maximum Gasteiger partial charge on any atom is 0.191 e. The third kappa shape index (κ3) is 5.97. The van der Waals surface area contributed by atoms with Crippen molar-refractivity contribution in [2.24, 2.45) is 10.9 Å². The minimum atomic E-state index is 0.0464. The number of thiophene rings is 1. The van der Waals surface area contributed by atoms with Gasteiger partial charge in [-0.2, -0.15) is 0 Å². The zero-order valence-corrected chi connectivity index (χ0v) is 18.6. The summed E-state index contributed by atoms with van der Waals surface area (Å²) in [6, 6.07) is 12.8. The number of benzene rings is 1. The van der Waals surface area contributed by atoms with Crippen molar-refractivity contribution in [2.75, 3.05) is 40.5 Å².